The molecule has 0 amide bonds. The minimum atomic E-state index is -1.20. The SMILES string of the molecule is COc1ccc(CCn2cc(C(=O)O)c(=O)cc2C)cc1. The van der Waals surface area contributed by atoms with E-state index in [1.165, 1.54) is 12.3 Å². The topological polar surface area (TPSA) is 68.5 Å². The van der Waals surface area contributed by atoms with Crippen LogP contribution in [0.4, 0.5) is 0 Å². The van der Waals surface area contributed by atoms with E-state index in [1.54, 1.807) is 18.6 Å². The summed E-state index contributed by atoms with van der Waals surface area (Å²) in [6.45, 7) is 2.40. The quantitative estimate of drug-likeness (QED) is 0.914. The van der Waals surface area contributed by atoms with E-state index in [2.05, 4.69) is 0 Å². The number of rotatable bonds is 5. The molecule has 0 unspecified atom stereocenters. The van der Waals surface area contributed by atoms with E-state index < -0.39 is 11.4 Å². The molecule has 0 fully saturated rings. The first-order valence-corrected chi connectivity index (χ1v) is 6.58. The van der Waals surface area contributed by atoms with Gasteiger partial charge in [0, 0.05) is 24.5 Å². The van der Waals surface area contributed by atoms with Gasteiger partial charge < -0.3 is 14.4 Å². The van der Waals surface area contributed by atoms with Crippen LogP contribution in [0.25, 0.3) is 0 Å². The third kappa shape index (κ3) is 3.51. The normalized spacial score (nSPS) is 10.4. The van der Waals surface area contributed by atoms with Crippen molar-refractivity contribution in [2.24, 2.45) is 0 Å². The van der Waals surface area contributed by atoms with E-state index in [0.717, 1.165) is 23.4 Å². The Morgan fingerprint density at radius 1 is 1.29 bits per heavy atom. The van der Waals surface area contributed by atoms with Gasteiger partial charge in [0.25, 0.3) is 0 Å². The molecule has 0 spiro atoms. The van der Waals surface area contributed by atoms with Crippen LogP contribution in [0.1, 0.15) is 21.6 Å². The number of aromatic carboxylic acids is 1. The van der Waals surface area contributed by atoms with Crippen LogP contribution in [0.15, 0.2) is 41.3 Å². The van der Waals surface area contributed by atoms with E-state index in [1.807, 2.05) is 24.3 Å². The van der Waals surface area contributed by atoms with Crippen LogP contribution in [-0.2, 0) is 13.0 Å². The molecule has 2 aromatic rings. The predicted octanol–water partition coefficient (Wildman–Crippen LogP) is 2.11. The Balaban J connectivity index is 2.17. The highest BCUT2D eigenvalue weighted by molar-refractivity contribution is 5.87. The zero-order valence-corrected chi connectivity index (χ0v) is 12.0. The second-order valence-electron chi connectivity index (χ2n) is 4.79. The Labute approximate surface area is 122 Å². The molecule has 0 aliphatic heterocycles. The van der Waals surface area contributed by atoms with Gasteiger partial charge in [0.15, 0.2) is 5.43 Å². The molecule has 0 radical (unpaired) electrons. The average molecular weight is 287 g/mol. The van der Waals surface area contributed by atoms with Crippen molar-refractivity contribution in [3.8, 4) is 5.75 Å². The third-order valence-corrected chi connectivity index (χ3v) is 3.37. The minimum absolute atomic E-state index is 0.199. The van der Waals surface area contributed by atoms with Crippen molar-refractivity contribution in [1.82, 2.24) is 4.57 Å². The number of nitrogens with zero attached hydrogens (tertiary/aromatic N) is 1. The number of carboxylic acids is 1. The third-order valence-electron chi connectivity index (χ3n) is 3.37. The first-order chi connectivity index (χ1) is 10.0. The molecule has 0 saturated carbocycles. The number of benzene rings is 1. The van der Waals surface area contributed by atoms with Crippen molar-refractivity contribution in [2.75, 3.05) is 7.11 Å². The van der Waals surface area contributed by atoms with E-state index >= 15 is 0 Å². The number of carbonyl (C=O) groups is 1. The first kappa shape index (κ1) is 14.8. The van der Waals surface area contributed by atoms with Crippen LogP contribution in [0.5, 0.6) is 5.75 Å². The summed E-state index contributed by atoms with van der Waals surface area (Å²) in [6, 6.07) is 9.06. The molecule has 0 saturated heterocycles. The van der Waals surface area contributed by atoms with Gasteiger partial charge in [-0.3, -0.25) is 4.79 Å². The molecular formula is C16H17NO4. The van der Waals surface area contributed by atoms with Crippen molar-refractivity contribution in [3.63, 3.8) is 0 Å². The van der Waals surface area contributed by atoms with E-state index in [-0.39, 0.29) is 5.56 Å². The molecule has 2 rings (SSSR count). The van der Waals surface area contributed by atoms with Gasteiger partial charge in [0.1, 0.15) is 11.3 Å². The summed E-state index contributed by atoms with van der Waals surface area (Å²) < 4.78 is 6.89. The summed E-state index contributed by atoms with van der Waals surface area (Å²) in [4.78, 5) is 22.6. The highest BCUT2D eigenvalue weighted by Gasteiger charge is 2.10. The number of carboxylic acid groups (broad SMARTS) is 1. The molecule has 21 heavy (non-hydrogen) atoms. The second kappa shape index (κ2) is 6.26. The molecule has 1 aromatic carbocycles. The molecule has 5 nitrogen and oxygen atoms in total. The number of aromatic nitrogens is 1. The molecule has 1 aromatic heterocycles. The zero-order chi connectivity index (χ0) is 15.4. The molecule has 110 valence electrons. The fraction of sp³-hybridized carbons (Fsp3) is 0.250. The van der Waals surface area contributed by atoms with Gasteiger partial charge in [-0.25, -0.2) is 4.79 Å². The fourth-order valence-electron chi connectivity index (χ4n) is 2.11. The maximum Gasteiger partial charge on any atom is 0.341 e. The average Bonchev–Trinajstić information content (AvgIpc) is 2.46. The summed E-state index contributed by atoms with van der Waals surface area (Å²) in [5.41, 5.74) is 1.21. The first-order valence-electron chi connectivity index (χ1n) is 6.58. The molecule has 5 heteroatoms. The van der Waals surface area contributed by atoms with Gasteiger partial charge >= 0.3 is 5.97 Å². The Morgan fingerprint density at radius 3 is 2.52 bits per heavy atom. The van der Waals surface area contributed by atoms with Crippen LogP contribution in [0.3, 0.4) is 0 Å². The summed E-state index contributed by atoms with van der Waals surface area (Å²) in [7, 11) is 1.62. The molecule has 0 atom stereocenters. The van der Waals surface area contributed by atoms with Gasteiger partial charge in [-0.15, -0.1) is 0 Å². The lowest BCUT2D eigenvalue weighted by Gasteiger charge is -2.11. The number of pyridine rings is 1. The maximum atomic E-state index is 11.6. The van der Waals surface area contributed by atoms with Gasteiger partial charge in [0.2, 0.25) is 0 Å². The van der Waals surface area contributed by atoms with Crippen LogP contribution >= 0.6 is 0 Å². The lowest BCUT2D eigenvalue weighted by Crippen LogP contribution is -2.19. The maximum absolute atomic E-state index is 11.6. The van der Waals surface area contributed by atoms with Crippen molar-refractivity contribution in [2.45, 2.75) is 19.9 Å². The Morgan fingerprint density at radius 2 is 1.95 bits per heavy atom. The van der Waals surface area contributed by atoms with Crippen molar-refractivity contribution >= 4 is 5.97 Å². The molecular weight excluding hydrogens is 270 g/mol. The predicted molar refractivity (Wildman–Crippen MR) is 79.1 cm³/mol. The van der Waals surface area contributed by atoms with Gasteiger partial charge in [-0.05, 0) is 31.0 Å². The number of hydrogen-bond donors (Lipinski definition) is 1. The lowest BCUT2D eigenvalue weighted by atomic mass is 10.1. The van der Waals surface area contributed by atoms with Crippen molar-refractivity contribution in [1.29, 1.82) is 0 Å². The van der Waals surface area contributed by atoms with E-state index in [0.29, 0.717) is 6.54 Å². The molecule has 0 aliphatic rings. The van der Waals surface area contributed by atoms with Gasteiger partial charge in [0.05, 0.1) is 7.11 Å². The van der Waals surface area contributed by atoms with Gasteiger partial charge in [-0.2, -0.15) is 0 Å². The highest BCUT2D eigenvalue weighted by Crippen LogP contribution is 2.12. The summed E-state index contributed by atoms with van der Waals surface area (Å²) >= 11 is 0. The largest absolute Gasteiger partial charge is 0.497 e. The molecule has 1 heterocycles. The van der Waals surface area contributed by atoms with E-state index in [4.69, 9.17) is 9.84 Å². The fourth-order valence-corrected chi connectivity index (χ4v) is 2.11. The van der Waals surface area contributed by atoms with Crippen LogP contribution in [0.2, 0.25) is 0 Å². The van der Waals surface area contributed by atoms with Crippen LogP contribution in [0, 0.1) is 6.92 Å². The number of hydrogen-bond acceptors (Lipinski definition) is 3. The number of aryl methyl sites for hydroxylation is 3. The van der Waals surface area contributed by atoms with Crippen molar-refractivity contribution in [3.05, 3.63) is 63.6 Å². The number of methoxy groups -OCH3 is 1. The number of ether oxygens (including phenoxy) is 1. The van der Waals surface area contributed by atoms with Gasteiger partial charge in [-0.1, -0.05) is 12.1 Å². The van der Waals surface area contributed by atoms with Crippen LogP contribution < -0.4 is 10.2 Å². The molecule has 1 N–H and O–H groups in total. The zero-order valence-electron chi connectivity index (χ0n) is 12.0. The summed E-state index contributed by atoms with van der Waals surface area (Å²) in [6.07, 6.45) is 2.15. The summed E-state index contributed by atoms with van der Waals surface area (Å²) in [5, 5.41) is 9.00. The standard InChI is InChI=1S/C16H17NO4/c1-11-9-15(18)14(16(19)20)10-17(11)8-7-12-3-5-13(21-2)6-4-12/h3-6,9-10H,7-8H2,1-2H3,(H,19,20). The lowest BCUT2D eigenvalue weighted by molar-refractivity contribution is 0.0694. The smallest absolute Gasteiger partial charge is 0.341 e. The minimum Gasteiger partial charge on any atom is -0.497 e. The monoisotopic (exact) mass is 287 g/mol. The van der Waals surface area contributed by atoms with Crippen molar-refractivity contribution < 1.29 is 14.6 Å². The Bertz CT molecular complexity index is 701. The Kier molecular flexibility index (Phi) is 4.42. The highest BCUT2D eigenvalue weighted by atomic mass is 16.5. The van der Waals surface area contributed by atoms with Crippen LogP contribution in [-0.4, -0.2) is 22.8 Å². The second-order valence-corrected chi connectivity index (χ2v) is 4.79. The molecule has 0 bridgehead atoms. The summed E-state index contributed by atoms with van der Waals surface area (Å²) in [5.74, 6) is -0.398. The van der Waals surface area contributed by atoms with E-state index in [9.17, 15) is 9.59 Å². The molecule has 0 aliphatic carbocycles. The Hall–Kier alpha value is -2.56.